The van der Waals surface area contributed by atoms with Crippen molar-refractivity contribution in [2.24, 2.45) is 0 Å². The van der Waals surface area contributed by atoms with Gasteiger partial charge in [0.15, 0.2) is 0 Å². The highest BCUT2D eigenvalue weighted by Crippen LogP contribution is 2.22. The summed E-state index contributed by atoms with van der Waals surface area (Å²) in [6.45, 7) is 2.18. The Morgan fingerprint density at radius 1 is 1.33 bits per heavy atom. The first-order valence-electron chi connectivity index (χ1n) is 4.62. The summed E-state index contributed by atoms with van der Waals surface area (Å²) in [6.07, 6.45) is -4.37. The first-order valence-corrected chi connectivity index (χ1v) is 6.68. The van der Waals surface area contributed by atoms with E-state index in [4.69, 9.17) is 0 Å². The number of halogens is 3. The SMILES string of the molecule is CCNC(CCC(F)(F)F)CS(C)(=O)=O. The molecule has 0 fully saturated rings. The van der Waals surface area contributed by atoms with Crippen molar-refractivity contribution in [3.63, 3.8) is 0 Å². The van der Waals surface area contributed by atoms with Crippen LogP contribution in [-0.4, -0.2) is 39.2 Å². The summed E-state index contributed by atoms with van der Waals surface area (Å²) in [4.78, 5) is 0. The minimum Gasteiger partial charge on any atom is -0.313 e. The third-order valence-electron chi connectivity index (χ3n) is 1.77. The third kappa shape index (κ3) is 9.99. The smallest absolute Gasteiger partial charge is 0.313 e. The van der Waals surface area contributed by atoms with Gasteiger partial charge in [0.1, 0.15) is 9.84 Å². The Morgan fingerprint density at radius 2 is 1.87 bits per heavy atom. The summed E-state index contributed by atoms with van der Waals surface area (Å²) in [6, 6.07) is -0.619. The lowest BCUT2D eigenvalue weighted by Gasteiger charge is -2.17. The van der Waals surface area contributed by atoms with E-state index in [0.29, 0.717) is 6.54 Å². The highest BCUT2D eigenvalue weighted by atomic mass is 32.2. The van der Waals surface area contributed by atoms with Crippen molar-refractivity contribution >= 4 is 9.84 Å². The van der Waals surface area contributed by atoms with E-state index < -0.39 is 28.5 Å². The zero-order chi connectivity index (χ0) is 12.1. The van der Waals surface area contributed by atoms with E-state index in [1.165, 1.54) is 0 Å². The van der Waals surface area contributed by atoms with Gasteiger partial charge in [-0.05, 0) is 13.0 Å². The largest absolute Gasteiger partial charge is 0.389 e. The number of hydrogen-bond donors (Lipinski definition) is 1. The lowest BCUT2D eigenvalue weighted by molar-refractivity contribution is -0.136. The highest BCUT2D eigenvalue weighted by Gasteiger charge is 2.28. The molecule has 0 aromatic rings. The second-order valence-corrected chi connectivity index (χ2v) is 5.69. The maximum Gasteiger partial charge on any atom is 0.389 e. The molecule has 0 aliphatic heterocycles. The standard InChI is InChI=1S/C8H16F3NO2S/c1-3-12-7(6-15(2,13)14)4-5-8(9,10)11/h7,12H,3-6H2,1-2H3. The molecule has 0 aromatic carbocycles. The van der Waals surface area contributed by atoms with E-state index >= 15 is 0 Å². The van der Waals surface area contributed by atoms with Crippen molar-refractivity contribution < 1.29 is 21.6 Å². The average molecular weight is 247 g/mol. The minimum absolute atomic E-state index is 0.204. The van der Waals surface area contributed by atoms with Gasteiger partial charge in [0.05, 0.1) is 5.75 Å². The molecule has 0 aromatic heterocycles. The molecule has 0 radical (unpaired) electrons. The molecular formula is C8H16F3NO2S. The van der Waals surface area contributed by atoms with Crippen molar-refractivity contribution in [1.82, 2.24) is 5.32 Å². The Labute approximate surface area is 88.0 Å². The Balaban J connectivity index is 4.17. The summed E-state index contributed by atoms with van der Waals surface area (Å²) in [5.74, 6) is -0.253. The van der Waals surface area contributed by atoms with Crippen LogP contribution in [-0.2, 0) is 9.84 Å². The summed E-state index contributed by atoms with van der Waals surface area (Å²) in [5, 5.41) is 2.73. The van der Waals surface area contributed by atoms with Crippen molar-refractivity contribution in [1.29, 1.82) is 0 Å². The molecule has 1 atom stereocenters. The summed E-state index contributed by atoms with van der Waals surface area (Å²) >= 11 is 0. The maximum atomic E-state index is 11.9. The van der Waals surface area contributed by atoms with E-state index in [1.807, 2.05) is 0 Å². The number of nitrogens with one attached hydrogen (secondary N) is 1. The minimum atomic E-state index is -4.23. The monoisotopic (exact) mass is 247 g/mol. The van der Waals surface area contributed by atoms with Gasteiger partial charge in [-0.3, -0.25) is 0 Å². The second-order valence-electron chi connectivity index (χ2n) is 3.50. The molecule has 3 nitrogen and oxygen atoms in total. The van der Waals surface area contributed by atoms with Crippen LogP contribution in [0.15, 0.2) is 0 Å². The van der Waals surface area contributed by atoms with Gasteiger partial charge in [0.2, 0.25) is 0 Å². The van der Waals surface area contributed by atoms with E-state index in [1.54, 1.807) is 6.92 Å². The van der Waals surface area contributed by atoms with Gasteiger partial charge in [-0.15, -0.1) is 0 Å². The maximum absolute atomic E-state index is 11.9. The van der Waals surface area contributed by atoms with Crippen LogP contribution in [0.3, 0.4) is 0 Å². The highest BCUT2D eigenvalue weighted by molar-refractivity contribution is 7.90. The number of rotatable bonds is 6. The first-order chi connectivity index (χ1) is 6.64. The van der Waals surface area contributed by atoms with Crippen molar-refractivity contribution in [3.8, 4) is 0 Å². The van der Waals surface area contributed by atoms with Gasteiger partial charge in [0, 0.05) is 18.7 Å². The summed E-state index contributed by atoms with van der Waals surface area (Å²) in [5.41, 5.74) is 0. The number of sulfone groups is 1. The topological polar surface area (TPSA) is 46.2 Å². The molecule has 92 valence electrons. The van der Waals surface area contributed by atoms with Crippen molar-refractivity contribution in [2.45, 2.75) is 32.0 Å². The summed E-state index contributed by atoms with van der Waals surface area (Å²) < 4.78 is 57.6. The molecule has 1 unspecified atom stereocenters. The van der Waals surface area contributed by atoms with Gasteiger partial charge in [-0.1, -0.05) is 6.92 Å². The van der Waals surface area contributed by atoms with E-state index in [0.717, 1.165) is 6.26 Å². The molecule has 7 heteroatoms. The van der Waals surface area contributed by atoms with E-state index in [2.05, 4.69) is 5.32 Å². The number of alkyl halides is 3. The Bertz CT molecular complexity index is 274. The fourth-order valence-corrected chi connectivity index (χ4v) is 2.25. The molecule has 0 bridgehead atoms. The Morgan fingerprint density at radius 3 is 2.20 bits per heavy atom. The normalized spacial score (nSPS) is 15.3. The Hall–Kier alpha value is -0.300. The fourth-order valence-electron chi connectivity index (χ4n) is 1.24. The fraction of sp³-hybridized carbons (Fsp3) is 1.00. The van der Waals surface area contributed by atoms with Crippen LogP contribution >= 0.6 is 0 Å². The summed E-state index contributed by atoms with van der Waals surface area (Å²) in [7, 11) is -3.24. The van der Waals surface area contributed by atoms with Crippen LogP contribution in [0.4, 0.5) is 13.2 Å². The lowest BCUT2D eigenvalue weighted by Crippen LogP contribution is -2.36. The molecule has 0 amide bonds. The van der Waals surface area contributed by atoms with E-state index in [-0.39, 0.29) is 12.2 Å². The van der Waals surface area contributed by atoms with Gasteiger partial charge in [0.25, 0.3) is 0 Å². The number of hydrogen-bond acceptors (Lipinski definition) is 3. The van der Waals surface area contributed by atoms with Gasteiger partial charge in [-0.2, -0.15) is 13.2 Å². The molecule has 0 spiro atoms. The molecule has 0 aliphatic carbocycles. The molecule has 0 saturated carbocycles. The zero-order valence-electron chi connectivity index (χ0n) is 8.76. The molecule has 1 N–H and O–H groups in total. The lowest BCUT2D eigenvalue weighted by atomic mass is 10.2. The quantitative estimate of drug-likeness (QED) is 0.770. The van der Waals surface area contributed by atoms with Crippen LogP contribution in [0.25, 0.3) is 0 Å². The van der Waals surface area contributed by atoms with Crippen LogP contribution < -0.4 is 5.32 Å². The van der Waals surface area contributed by atoms with Crippen LogP contribution in [0.1, 0.15) is 19.8 Å². The zero-order valence-corrected chi connectivity index (χ0v) is 9.58. The molecule has 0 rings (SSSR count). The van der Waals surface area contributed by atoms with Gasteiger partial charge < -0.3 is 5.32 Å². The predicted octanol–water partition coefficient (Wildman–Crippen LogP) is 1.35. The van der Waals surface area contributed by atoms with Crippen LogP contribution in [0.2, 0.25) is 0 Å². The Kier molecular flexibility index (Phi) is 5.58. The van der Waals surface area contributed by atoms with Gasteiger partial charge >= 0.3 is 6.18 Å². The molecule has 0 saturated heterocycles. The van der Waals surface area contributed by atoms with Crippen molar-refractivity contribution in [2.75, 3.05) is 18.6 Å². The second kappa shape index (κ2) is 5.69. The van der Waals surface area contributed by atoms with Crippen molar-refractivity contribution in [3.05, 3.63) is 0 Å². The third-order valence-corrected chi connectivity index (χ3v) is 2.78. The molecule has 0 heterocycles. The van der Waals surface area contributed by atoms with Gasteiger partial charge in [-0.25, -0.2) is 8.42 Å². The van der Waals surface area contributed by atoms with E-state index in [9.17, 15) is 21.6 Å². The average Bonchev–Trinajstić information content (AvgIpc) is 1.96. The molecule has 15 heavy (non-hydrogen) atoms. The van der Waals surface area contributed by atoms with Crippen LogP contribution in [0.5, 0.6) is 0 Å². The van der Waals surface area contributed by atoms with Crippen LogP contribution in [0, 0.1) is 0 Å². The first kappa shape index (κ1) is 14.7. The molecular weight excluding hydrogens is 231 g/mol. The predicted molar refractivity (Wildman–Crippen MR) is 52.5 cm³/mol. The molecule has 0 aliphatic rings.